The third-order valence-electron chi connectivity index (χ3n) is 1.88. The fourth-order valence-corrected chi connectivity index (χ4v) is 1.49. The van der Waals surface area contributed by atoms with Crippen molar-refractivity contribution in [1.29, 1.82) is 0 Å². The van der Waals surface area contributed by atoms with Crippen molar-refractivity contribution < 1.29 is 26.7 Å². The van der Waals surface area contributed by atoms with Crippen molar-refractivity contribution in [2.24, 2.45) is 4.40 Å². The summed E-state index contributed by atoms with van der Waals surface area (Å²) in [5.41, 5.74) is -5.53. The molecule has 0 spiro atoms. The highest BCUT2D eigenvalue weighted by Gasteiger charge is 2.46. The number of nitrogens with one attached hydrogen (secondary N) is 1. The Morgan fingerprint density at radius 3 is 2.25 bits per heavy atom. The first-order valence-corrected chi connectivity index (χ1v) is 5.72. The fourth-order valence-electron chi connectivity index (χ4n) is 1.07. The molecule has 0 saturated carbocycles. The van der Waals surface area contributed by atoms with Gasteiger partial charge in [0.2, 0.25) is 0 Å². The monoisotopic (exact) mass is 260 g/mol. The molecule has 1 aliphatic rings. The minimum Gasteiger partial charge on any atom is -0.845 e. The van der Waals surface area contributed by atoms with Crippen LogP contribution < -0.4 is 10.4 Å². The van der Waals surface area contributed by atoms with Crippen LogP contribution >= 0.6 is 0 Å². The van der Waals surface area contributed by atoms with Crippen LogP contribution in [-0.4, -0.2) is 51.0 Å². The zero-order valence-electron chi connectivity index (χ0n) is 7.99. The number of hydrogen-bond donors (Lipinski definition) is 1. The van der Waals surface area contributed by atoms with E-state index in [0.717, 1.165) is 4.90 Å². The molecule has 10 heteroatoms. The molecule has 0 aliphatic carbocycles. The molecule has 0 bridgehead atoms. The molecule has 94 valence electrons. The van der Waals surface area contributed by atoms with E-state index in [4.69, 9.17) is 0 Å². The molecule has 6 nitrogen and oxygen atoms in total. The third kappa shape index (κ3) is 2.98. The molecule has 0 atom stereocenters. The summed E-state index contributed by atoms with van der Waals surface area (Å²) in [7, 11) is -5.73. The number of piperazine rings is 1. The van der Waals surface area contributed by atoms with Gasteiger partial charge in [0.15, 0.2) is 0 Å². The molecular weight excluding hydrogens is 251 g/mol. The number of amidine groups is 1. The highest BCUT2D eigenvalue weighted by molar-refractivity contribution is 7.91. The van der Waals surface area contributed by atoms with Crippen LogP contribution in [0, 0.1) is 0 Å². The highest BCUT2D eigenvalue weighted by Crippen LogP contribution is 2.24. The smallest absolute Gasteiger partial charge is 0.518 e. The van der Waals surface area contributed by atoms with Crippen LogP contribution in [0.25, 0.3) is 0 Å². The minimum absolute atomic E-state index is 0.135. The van der Waals surface area contributed by atoms with Crippen molar-refractivity contribution in [3.63, 3.8) is 0 Å². The Morgan fingerprint density at radius 2 is 1.81 bits per heavy atom. The normalized spacial score (nSPS) is 19.9. The molecule has 1 rings (SSSR count). The van der Waals surface area contributed by atoms with Gasteiger partial charge >= 0.3 is 15.5 Å². The lowest BCUT2D eigenvalue weighted by Gasteiger charge is -2.32. The summed E-state index contributed by atoms with van der Waals surface area (Å²) in [6.45, 7) is 1.06. The first-order valence-electron chi connectivity index (χ1n) is 4.28. The van der Waals surface area contributed by atoms with Gasteiger partial charge in [-0.1, -0.05) is 0 Å². The van der Waals surface area contributed by atoms with Crippen LogP contribution in [0.3, 0.4) is 0 Å². The predicted octanol–water partition coefficient (Wildman–Crippen LogP) is -1.54. The van der Waals surface area contributed by atoms with Crippen molar-refractivity contribution in [3.8, 4) is 0 Å². The van der Waals surface area contributed by atoms with E-state index >= 15 is 0 Å². The summed E-state index contributed by atoms with van der Waals surface area (Å²) in [5.74, 6) is 0. The SMILES string of the molecule is O=S(=O)(/N=C(\[O-])N1CCNCC1)C(F)(F)F. The van der Waals surface area contributed by atoms with E-state index in [1.54, 1.807) is 0 Å². The number of alkyl halides is 3. The molecule has 0 aromatic carbocycles. The average Bonchev–Trinajstić information content (AvgIpc) is 2.16. The Bertz CT molecular complexity index is 372. The van der Waals surface area contributed by atoms with Crippen LogP contribution in [0.5, 0.6) is 0 Å². The molecule has 0 radical (unpaired) electrons. The number of halogens is 3. The minimum atomic E-state index is -5.73. The summed E-state index contributed by atoms with van der Waals surface area (Å²) < 4.78 is 59.0. The first-order chi connectivity index (χ1) is 7.24. The second kappa shape index (κ2) is 4.45. The summed E-state index contributed by atoms with van der Waals surface area (Å²) in [6, 6.07) is -1.38. The van der Waals surface area contributed by atoms with Crippen molar-refractivity contribution in [2.75, 3.05) is 26.2 Å². The first kappa shape index (κ1) is 13.0. The molecule has 0 aromatic rings. The van der Waals surface area contributed by atoms with Gasteiger partial charge in [-0.15, -0.1) is 0 Å². The van der Waals surface area contributed by atoms with Crippen molar-refractivity contribution in [2.45, 2.75) is 5.51 Å². The Kier molecular flexibility index (Phi) is 3.63. The van der Waals surface area contributed by atoms with E-state index in [1.165, 1.54) is 0 Å². The fraction of sp³-hybridized carbons (Fsp3) is 0.833. The maximum absolute atomic E-state index is 11.9. The van der Waals surface area contributed by atoms with Gasteiger partial charge in [0.25, 0.3) is 0 Å². The van der Waals surface area contributed by atoms with Gasteiger partial charge in [-0.25, -0.2) is 0 Å². The zero-order valence-corrected chi connectivity index (χ0v) is 8.81. The number of sulfonamides is 1. The lowest BCUT2D eigenvalue weighted by molar-refractivity contribution is -0.234. The molecule has 0 unspecified atom stereocenters. The second-order valence-electron chi connectivity index (χ2n) is 3.03. The van der Waals surface area contributed by atoms with Crippen LogP contribution in [0.4, 0.5) is 13.2 Å². The van der Waals surface area contributed by atoms with Gasteiger partial charge in [0, 0.05) is 26.2 Å². The van der Waals surface area contributed by atoms with Gasteiger partial charge in [-0.2, -0.15) is 26.0 Å². The van der Waals surface area contributed by atoms with Crippen LogP contribution in [0.15, 0.2) is 4.40 Å². The molecule has 1 N–H and O–H groups in total. The maximum atomic E-state index is 11.9. The van der Waals surface area contributed by atoms with E-state index in [2.05, 4.69) is 9.71 Å². The third-order valence-corrected chi connectivity index (χ3v) is 2.86. The van der Waals surface area contributed by atoms with Crippen LogP contribution in [0.2, 0.25) is 0 Å². The standard InChI is InChI=1S/C6H10F3N3O3S/c7-6(8,9)16(14,15)11-5(13)12-3-1-10-2-4-12/h10H,1-4H2,(H,11,13)/p-1. The molecule has 0 amide bonds. The van der Waals surface area contributed by atoms with Gasteiger partial charge < -0.3 is 15.3 Å². The topological polar surface area (TPSA) is 84.8 Å². The van der Waals surface area contributed by atoms with Gasteiger partial charge in [-0.3, -0.25) is 0 Å². The predicted molar refractivity (Wildman–Crippen MR) is 46.9 cm³/mol. The van der Waals surface area contributed by atoms with Crippen LogP contribution in [-0.2, 0) is 10.0 Å². The Morgan fingerprint density at radius 1 is 1.31 bits per heavy atom. The molecule has 1 saturated heterocycles. The van der Waals surface area contributed by atoms with Crippen molar-refractivity contribution in [1.82, 2.24) is 10.2 Å². The average molecular weight is 260 g/mol. The van der Waals surface area contributed by atoms with E-state index in [9.17, 15) is 26.7 Å². The summed E-state index contributed by atoms with van der Waals surface area (Å²) in [4.78, 5) is 0.944. The van der Waals surface area contributed by atoms with Gasteiger partial charge in [-0.05, 0) is 0 Å². The lowest BCUT2D eigenvalue weighted by atomic mass is 10.4. The number of hydrogen-bond acceptors (Lipinski definition) is 4. The van der Waals surface area contributed by atoms with Gasteiger partial charge in [0.05, 0.1) is 6.02 Å². The van der Waals surface area contributed by atoms with E-state index in [1.807, 2.05) is 0 Å². The van der Waals surface area contributed by atoms with Crippen molar-refractivity contribution >= 4 is 16.0 Å². The molecule has 16 heavy (non-hydrogen) atoms. The van der Waals surface area contributed by atoms with E-state index < -0.39 is 21.6 Å². The zero-order chi connectivity index (χ0) is 12.4. The molecule has 1 heterocycles. The van der Waals surface area contributed by atoms with E-state index in [0.29, 0.717) is 13.1 Å². The number of rotatable bonds is 1. The lowest BCUT2D eigenvalue weighted by Crippen LogP contribution is -2.51. The summed E-state index contributed by atoms with van der Waals surface area (Å²) in [6.07, 6.45) is 0. The molecule has 0 aromatic heterocycles. The Labute approximate surface area is 89.8 Å². The highest BCUT2D eigenvalue weighted by atomic mass is 32.2. The summed E-state index contributed by atoms with van der Waals surface area (Å²) in [5, 5.41) is 14.0. The van der Waals surface area contributed by atoms with E-state index in [-0.39, 0.29) is 13.1 Å². The maximum Gasteiger partial charge on any atom is 0.518 e. The van der Waals surface area contributed by atoms with Crippen LogP contribution in [0.1, 0.15) is 0 Å². The second-order valence-corrected chi connectivity index (χ2v) is 4.63. The molecular formula is C6H9F3N3O3S-. The Balaban J connectivity index is 2.83. The largest absolute Gasteiger partial charge is 0.845 e. The Hall–Kier alpha value is -1.03. The molecule has 1 aliphatic heterocycles. The summed E-state index contributed by atoms with van der Waals surface area (Å²) >= 11 is 0. The van der Waals surface area contributed by atoms with Crippen molar-refractivity contribution in [3.05, 3.63) is 0 Å². The van der Waals surface area contributed by atoms with Gasteiger partial charge in [0.1, 0.15) is 0 Å². The molecule has 1 fully saturated rings. The quantitative estimate of drug-likeness (QED) is 0.456. The number of nitrogens with zero attached hydrogens (tertiary/aromatic N) is 2.